The third-order valence-electron chi connectivity index (χ3n) is 2.73. The molecule has 0 aliphatic rings. The van der Waals surface area contributed by atoms with Crippen molar-refractivity contribution in [1.29, 1.82) is 0 Å². The summed E-state index contributed by atoms with van der Waals surface area (Å²) in [7, 11) is 0. The van der Waals surface area contributed by atoms with E-state index in [4.69, 9.17) is 4.74 Å². The quantitative estimate of drug-likeness (QED) is 0.770. The molecule has 19 heavy (non-hydrogen) atoms. The van der Waals surface area contributed by atoms with Gasteiger partial charge in [-0.1, -0.05) is 6.07 Å². The van der Waals surface area contributed by atoms with Gasteiger partial charge in [-0.2, -0.15) is 0 Å². The molecule has 3 nitrogen and oxygen atoms in total. The summed E-state index contributed by atoms with van der Waals surface area (Å²) >= 11 is 0. The maximum Gasteiger partial charge on any atom is 0.150 e. The highest BCUT2D eigenvalue weighted by Crippen LogP contribution is 2.20. The van der Waals surface area contributed by atoms with Crippen LogP contribution < -0.4 is 4.74 Å². The van der Waals surface area contributed by atoms with Crippen molar-refractivity contribution in [1.82, 2.24) is 4.98 Å². The van der Waals surface area contributed by atoms with Crippen LogP contribution in [0.3, 0.4) is 0 Å². The number of nitrogens with zero attached hydrogens (tertiary/aromatic N) is 1. The highest BCUT2D eigenvalue weighted by Gasteiger charge is 2.06. The zero-order valence-electron chi connectivity index (χ0n) is 11.2. The van der Waals surface area contributed by atoms with Gasteiger partial charge in [0.25, 0.3) is 0 Å². The smallest absolute Gasteiger partial charge is 0.150 e. The lowest BCUT2D eigenvalue weighted by molar-refractivity contribution is 0.112. The van der Waals surface area contributed by atoms with Crippen LogP contribution in [0.4, 0.5) is 0 Å². The number of carbonyl (C=O) groups is 1. The average Bonchev–Trinajstić information content (AvgIpc) is 2.39. The SMILES string of the molecule is CC(C)Oc1ccc(C=O)c(Cc2cccnc2)c1. The summed E-state index contributed by atoms with van der Waals surface area (Å²) in [5, 5.41) is 0. The van der Waals surface area contributed by atoms with Gasteiger partial charge in [-0.3, -0.25) is 9.78 Å². The minimum Gasteiger partial charge on any atom is -0.491 e. The second-order valence-electron chi connectivity index (χ2n) is 4.68. The molecule has 1 aromatic heterocycles. The van der Waals surface area contributed by atoms with Crippen molar-refractivity contribution < 1.29 is 9.53 Å². The molecule has 1 aromatic carbocycles. The molecular weight excluding hydrogens is 238 g/mol. The van der Waals surface area contributed by atoms with Crippen LogP contribution in [0.1, 0.15) is 35.3 Å². The van der Waals surface area contributed by atoms with E-state index in [9.17, 15) is 4.79 Å². The van der Waals surface area contributed by atoms with Gasteiger partial charge in [0.1, 0.15) is 12.0 Å². The summed E-state index contributed by atoms with van der Waals surface area (Å²) in [4.78, 5) is 15.2. The standard InChI is InChI=1S/C16H17NO2/c1-12(2)19-16-6-5-14(11-18)15(9-16)8-13-4-3-7-17-10-13/h3-7,9-12H,8H2,1-2H3. The number of pyridine rings is 1. The monoisotopic (exact) mass is 255 g/mol. The van der Waals surface area contributed by atoms with Crippen molar-refractivity contribution in [3.63, 3.8) is 0 Å². The number of ether oxygens (including phenoxy) is 1. The largest absolute Gasteiger partial charge is 0.491 e. The molecule has 2 rings (SSSR count). The summed E-state index contributed by atoms with van der Waals surface area (Å²) in [5.74, 6) is 0.791. The van der Waals surface area contributed by atoms with E-state index in [1.807, 2.05) is 44.3 Å². The fourth-order valence-electron chi connectivity index (χ4n) is 1.92. The lowest BCUT2D eigenvalue weighted by Crippen LogP contribution is -2.06. The van der Waals surface area contributed by atoms with Gasteiger partial charge in [-0.05, 0) is 55.7 Å². The fraction of sp³-hybridized carbons (Fsp3) is 0.250. The Hall–Kier alpha value is -2.16. The molecule has 0 spiro atoms. The van der Waals surface area contributed by atoms with Gasteiger partial charge in [-0.15, -0.1) is 0 Å². The number of rotatable bonds is 5. The Bertz CT molecular complexity index is 550. The number of carbonyl (C=O) groups excluding carboxylic acids is 1. The first kappa shape index (κ1) is 13.3. The van der Waals surface area contributed by atoms with Crippen LogP contribution in [-0.4, -0.2) is 17.4 Å². The number of aldehydes is 1. The summed E-state index contributed by atoms with van der Waals surface area (Å²) in [6, 6.07) is 9.45. The predicted octanol–water partition coefficient (Wildman–Crippen LogP) is 3.27. The minimum absolute atomic E-state index is 0.119. The summed E-state index contributed by atoms with van der Waals surface area (Å²) in [6.07, 6.45) is 5.23. The molecule has 0 unspecified atom stereocenters. The minimum atomic E-state index is 0.119. The number of hydrogen-bond donors (Lipinski definition) is 0. The Morgan fingerprint density at radius 1 is 1.32 bits per heavy atom. The molecule has 0 atom stereocenters. The van der Waals surface area contributed by atoms with Crippen molar-refractivity contribution in [3.8, 4) is 5.75 Å². The van der Waals surface area contributed by atoms with Crippen LogP contribution in [-0.2, 0) is 6.42 Å². The molecule has 1 heterocycles. The lowest BCUT2D eigenvalue weighted by Gasteiger charge is -2.12. The van der Waals surface area contributed by atoms with Crippen LogP contribution in [0.2, 0.25) is 0 Å². The van der Waals surface area contributed by atoms with Crippen LogP contribution in [0.25, 0.3) is 0 Å². The first-order valence-corrected chi connectivity index (χ1v) is 6.32. The summed E-state index contributed by atoms with van der Waals surface area (Å²) in [5.41, 5.74) is 2.73. The molecule has 0 N–H and O–H groups in total. The fourth-order valence-corrected chi connectivity index (χ4v) is 1.92. The molecule has 2 aromatic rings. The van der Waals surface area contributed by atoms with Crippen molar-refractivity contribution in [3.05, 3.63) is 59.4 Å². The second kappa shape index (κ2) is 6.14. The highest BCUT2D eigenvalue weighted by atomic mass is 16.5. The zero-order valence-corrected chi connectivity index (χ0v) is 11.2. The van der Waals surface area contributed by atoms with Gasteiger partial charge >= 0.3 is 0 Å². The van der Waals surface area contributed by atoms with E-state index in [-0.39, 0.29) is 6.10 Å². The van der Waals surface area contributed by atoms with Gasteiger partial charge < -0.3 is 4.74 Å². The third-order valence-corrected chi connectivity index (χ3v) is 2.73. The second-order valence-corrected chi connectivity index (χ2v) is 4.68. The molecule has 0 saturated heterocycles. The Kier molecular flexibility index (Phi) is 4.29. The molecule has 0 amide bonds. The van der Waals surface area contributed by atoms with E-state index in [1.165, 1.54) is 0 Å². The summed E-state index contributed by atoms with van der Waals surface area (Å²) < 4.78 is 5.66. The topological polar surface area (TPSA) is 39.2 Å². The van der Waals surface area contributed by atoms with Crippen molar-refractivity contribution in [2.24, 2.45) is 0 Å². The van der Waals surface area contributed by atoms with E-state index >= 15 is 0 Å². The molecule has 98 valence electrons. The first-order valence-electron chi connectivity index (χ1n) is 6.32. The lowest BCUT2D eigenvalue weighted by atomic mass is 10.0. The Morgan fingerprint density at radius 3 is 2.79 bits per heavy atom. The number of benzene rings is 1. The van der Waals surface area contributed by atoms with Crippen molar-refractivity contribution >= 4 is 6.29 Å². The van der Waals surface area contributed by atoms with E-state index < -0.39 is 0 Å². The van der Waals surface area contributed by atoms with Crippen molar-refractivity contribution in [2.45, 2.75) is 26.4 Å². The molecule has 0 radical (unpaired) electrons. The van der Waals surface area contributed by atoms with Crippen LogP contribution in [0.15, 0.2) is 42.7 Å². The Balaban J connectivity index is 2.28. The van der Waals surface area contributed by atoms with Gasteiger partial charge in [0, 0.05) is 18.0 Å². The zero-order chi connectivity index (χ0) is 13.7. The number of hydrogen-bond acceptors (Lipinski definition) is 3. The normalized spacial score (nSPS) is 10.5. The highest BCUT2D eigenvalue weighted by molar-refractivity contribution is 5.78. The van der Waals surface area contributed by atoms with E-state index in [1.54, 1.807) is 12.3 Å². The van der Waals surface area contributed by atoms with Crippen LogP contribution in [0, 0.1) is 0 Å². The number of aromatic nitrogens is 1. The molecule has 0 bridgehead atoms. The first-order chi connectivity index (χ1) is 9.19. The molecule has 0 aliphatic heterocycles. The molecule has 0 saturated carbocycles. The van der Waals surface area contributed by atoms with Crippen molar-refractivity contribution in [2.75, 3.05) is 0 Å². The average molecular weight is 255 g/mol. The molecular formula is C16H17NO2. The van der Waals surface area contributed by atoms with E-state index in [0.717, 1.165) is 23.2 Å². The maximum absolute atomic E-state index is 11.1. The summed E-state index contributed by atoms with van der Waals surface area (Å²) in [6.45, 7) is 3.96. The molecule has 3 heteroatoms. The Labute approximate surface area is 113 Å². The van der Waals surface area contributed by atoms with Crippen LogP contribution >= 0.6 is 0 Å². The molecule has 0 fully saturated rings. The third kappa shape index (κ3) is 3.65. The van der Waals surface area contributed by atoms with Gasteiger partial charge in [0.15, 0.2) is 0 Å². The maximum atomic E-state index is 11.1. The van der Waals surface area contributed by atoms with E-state index in [0.29, 0.717) is 12.0 Å². The Morgan fingerprint density at radius 2 is 2.16 bits per heavy atom. The predicted molar refractivity (Wildman–Crippen MR) is 74.6 cm³/mol. The van der Waals surface area contributed by atoms with Gasteiger partial charge in [0.2, 0.25) is 0 Å². The molecule has 0 aliphatic carbocycles. The van der Waals surface area contributed by atoms with Gasteiger partial charge in [-0.25, -0.2) is 0 Å². The van der Waals surface area contributed by atoms with Crippen LogP contribution in [0.5, 0.6) is 5.75 Å². The van der Waals surface area contributed by atoms with E-state index in [2.05, 4.69) is 4.98 Å². The van der Waals surface area contributed by atoms with Gasteiger partial charge in [0.05, 0.1) is 6.10 Å².